The van der Waals surface area contributed by atoms with Crippen molar-refractivity contribution in [1.82, 2.24) is 4.72 Å². The summed E-state index contributed by atoms with van der Waals surface area (Å²) in [5.41, 5.74) is 0.265. The van der Waals surface area contributed by atoms with E-state index in [1.165, 1.54) is 43.3 Å². The zero-order valence-corrected chi connectivity index (χ0v) is 15.7. The third-order valence-corrected chi connectivity index (χ3v) is 5.19. The predicted octanol–water partition coefficient (Wildman–Crippen LogP) is 2.45. The second kappa shape index (κ2) is 9.21. The van der Waals surface area contributed by atoms with Crippen molar-refractivity contribution in [2.24, 2.45) is 0 Å². The topological polar surface area (TPSA) is 113 Å². The minimum atomic E-state index is -3.79. The monoisotopic (exact) mass is 404 g/mol. The molecule has 0 heterocycles. The lowest BCUT2D eigenvalue weighted by atomic mass is 10.1. The molecule has 0 fully saturated rings. The van der Waals surface area contributed by atoms with Crippen molar-refractivity contribution in [3.8, 4) is 6.07 Å². The second-order valence-corrected chi connectivity index (χ2v) is 7.52. The first-order valence-corrected chi connectivity index (χ1v) is 9.70. The molecule has 0 saturated carbocycles. The number of nitrogens with one attached hydrogen (secondary N) is 1. The third kappa shape index (κ3) is 5.45. The number of nitriles is 1. The van der Waals surface area contributed by atoms with Gasteiger partial charge in [0.2, 0.25) is 15.8 Å². The van der Waals surface area contributed by atoms with Crippen molar-refractivity contribution in [1.29, 1.82) is 5.26 Å². The molecule has 2 rings (SSSR count). The van der Waals surface area contributed by atoms with Crippen molar-refractivity contribution in [2.45, 2.75) is 24.3 Å². The number of hydrogen-bond donors (Lipinski definition) is 1. The highest BCUT2D eigenvalue weighted by atomic mass is 32.2. The molecule has 0 spiro atoms. The zero-order valence-electron chi connectivity index (χ0n) is 14.9. The van der Waals surface area contributed by atoms with E-state index in [0.29, 0.717) is 0 Å². The van der Waals surface area contributed by atoms with E-state index in [9.17, 15) is 22.4 Å². The van der Waals surface area contributed by atoms with Gasteiger partial charge in [-0.25, -0.2) is 22.3 Å². The van der Waals surface area contributed by atoms with Crippen LogP contribution < -0.4 is 4.72 Å². The van der Waals surface area contributed by atoms with Crippen molar-refractivity contribution in [3.05, 3.63) is 65.5 Å². The molecule has 0 radical (unpaired) electrons. The number of rotatable bonds is 8. The molecule has 0 amide bonds. The van der Waals surface area contributed by atoms with Gasteiger partial charge in [-0.05, 0) is 55.5 Å². The number of carbonyl (C=O) groups excluding carboxylic acids is 2. The van der Waals surface area contributed by atoms with Crippen LogP contribution in [0.2, 0.25) is 0 Å². The highest BCUT2D eigenvalue weighted by Gasteiger charge is 2.21. The lowest BCUT2D eigenvalue weighted by Gasteiger charge is -2.13. The summed E-state index contributed by atoms with van der Waals surface area (Å²) in [4.78, 5) is 24.3. The maximum atomic E-state index is 12.9. The zero-order chi connectivity index (χ0) is 20.7. The number of Topliss-reactive ketones (excluding diaryl/α,β-unsaturated/α-hetero) is 1. The molecule has 7 nitrogen and oxygen atoms in total. The summed E-state index contributed by atoms with van der Waals surface area (Å²) >= 11 is 0. The van der Waals surface area contributed by atoms with E-state index >= 15 is 0 Å². The minimum absolute atomic E-state index is 0.0222. The van der Waals surface area contributed by atoms with Gasteiger partial charge in [-0.1, -0.05) is 0 Å². The van der Waals surface area contributed by atoms with Crippen LogP contribution in [0.25, 0.3) is 0 Å². The fourth-order valence-electron chi connectivity index (χ4n) is 2.23. The fraction of sp³-hybridized carbons (Fsp3) is 0.211. The van der Waals surface area contributed by atoms with Crippen LogP contribution in [0.3, 0.4) is 0 Å². The van der Waals surface area contributed by atoms with Gasteiger partial charge in [0.25, 0.3) is 0 Å². The maximum Gasteiger partial charge on any atom is 0.338 e. The lowest BCUT2D eigenvalue weighted by Crippen LogP contribution is -2.25. The molecule has 2 aromatic carbocycles. The first-order valence-electron chi connectivity index (χ1n) is 8.22. The van der Waals surface area contributed by atoms with E-state index in [1.807, 2.05) is 6.07 Å². The van der Waals surface area contributed by atoms with Gasteiger partial charge in [-0.3, -0.25) is 4.79 Å². The molecule has 0 aliphatic heterocycles. The highest BCUT2D eigenvalue weighted by Crippen LogP contribution is 2.14. The molecule has 1 atom stereocenters. The normalized spacial score (nSPS) is 12.0. The van der Waals surface area contributed by atoms with Gasteiger partial charge in [-0.2, -0.15) is 5.26 Å². The van der Waals surface area contributed by atoms with Crippen molar-refractivity contribution >= 4 is 21.8 Å². The van der Waals surface area contributed by atoms with E-state index in [1.54, 1.807) is 0 Å². The number of benzene rings is 2. The Morgan fingerprint density at radius 1 is 1.11 bits per heavy atom. The van der Waals surface area contributed by atoms with Crippen LogP contribution in [0.4, 0.5) is 4.39 Å². The molecule has 9 heteroatoms. The predicted molar refractivity (Wildman–Crippen MR) is 97.5 cm³/mol. The number of sulfonamides is 1. The third-order valence-electron chi connectivity index (χ3n) is 3.71. The van der Waals surface area contributed by atoms with E-state index < -0.39 is 33.7 Å². The fourth-order valence-corrected chi connectivity index (χ4v) is 3.26. The molecule has 0 saturated heterocycles. The van der Waals surface area contributed by atoms with E-state index in [4.69, 9.17) is 10.00 Å². The maximum absolute atomic E-state index is 12.9. The molecular weight excluding hydrogens is 387 g/mol. The van der Waals surface area contributed by atoms with Gasteiger partial charge in [0, 0.05) is 18.5 Å². The molecule has 0 aliphatic rings. The number of esters is 1. The Kier molecular flexibility index (Phi) is 6.98. The van der Waals surface area contributed by atoms with Gasteiger partial charge >= 0.3 is 5.97 Å². The Hall–Kier alpha value is -3.09. The van der Waals surface area contributed by atoms with Gasteiger partial charge < -0.3 is 4.74 Å². The number of ketones is 1. The number of ether oxygens (including phenoxy) is 1. The van der Waals surface area contributed by atoms with Crippen LogP contribution in [0.5, 0.6) is 0 Å². The summed E-state index contributed by atoms with van der Waals surface area (Å²) in [7, 11) is -3.79. The standard InChI is InChI=1S/C19H17FN2O5S/c1-13(18(23)14-3-7-16(20)8-4-14)27-19(24)15-5-9-17(10-6-15)28(25,26)22-12-2-11-21/h3-10,13,22H,2,12H2,1H3/t13-/m0/s1. The Balaban J connectivity index is 2.03. The molecule has 1 N–H and O–H groups in total. The SMILES string of the molecule is C[C@H](OC(=O)c1ccc(S(=O)(=O)NCCC#N)cc1)C(=O)c1ccc(F)cc1. The summed E-state index contributed by atoms with van der Waals surface area (Å²) in [5, 5.41) is 8.45. The average Bonchev–Trinajstić information content (AvgIpc) is 2.68. The number of carbonyl (C=O) groups is 2. The van der Waals surface area contributed by atoms with E-state index in [0.717, 1.165) is 12.1 Å². The Bertz CT molecular complexity index is 996. The molecule has 0 bridgehead atoms. The van der Waals surface area contributed by atoms with Crippen LogP contribution in [0, 0.1) is 17.1 Å². The molecule has 146 valence electrons. The smallest absolute Gasteiger partial charge is 0.338 e. The van der Waals surface area contributed by atoms with Crippen LogP contribution in [0.1, 0.15) is 34.1 Å². The molecule has 0 unspecified atom stereocenters. The average molecular weight is 404 g/mol. The van der Waals surface area contributed by atoms with Crippen LogP contribution >= 0.6 is 0 Å². The minimum Gasteiger partial charge on any atom is -0.451 e. The summed E-state index contributed by atoms with van der Waals surface area (Å²) in [6.45, 7) is 1.37. The van der Waals surface area contributed by atoms with Crippen LogP contribution in [-0.2, 0) is 14.8 Å². The summed E-state index contributed by atoms with van der Waals surface area (Å²) in [6, 6.07) is 11.6. The van der Waals surface area contributed by atoms with E-state index in [-0.39, 0.29) is 29.0 Å². The van der Waals surface area contributed by atoms with Gasteiger partial charge in [0.15, 0.2) is 6.10 Å². The van der Waals surface area contributed by atoms with Crippen molar-refractivity contribution < 1.29 is 27.1 Å². The van der Waals surface area contributed by atoms with Crippen molar-refractivity contribution in [2.75, 3.05) is 6.54 Å². The Morgan fingerprint density at radius 3 is 2.25 bits per heavy atom. The van der Waals surface area contributed by atoms with Crippen LogP contribution in [-0.4, -0.2) is 32.8 Å². The quantitative estimate of drug-likeness (QED) is 0.411. The molecule has 0 aromatic heterocycles. The first-order chi connectivity index (χ1) is 13.2. The highest BCUT2D eigenvalue weighted by molar-refractivity contribution is 7.89. The molecule has 2 aromatic rings. The second-order valence-electron chi connectivity index (χ2n) is 5.75. The Morgan fingerprint density at radius 2 is 1.68 bits per heavy atom. The van der Waals surface area contributed by atoms with Crippen molar-refractivity contribution in [3.63, 3.8) is 0 Å². The first kappa shape index (κ1) is 21.2. The summed E-state index contributed by atoms with van der Waals surface area (Å²) < 4.78 is 44.3. The van der Waals surface area contributed by atoms with Gasteiger partial charge in [-0.15, -0.1) is 0 Å². The number of halogens is 1. The summed E-state index contributed by atoms with van der Waals surface area (Å²) in [6.07, 6.45) is -1.07. The van der Waals surface area contributed by atoms with E-state index in [2.05, 4.69) is 4.72 Å². The van der Waals surface area contributed by atoms with Gasteiger partial charge in [0.1, 0.15) is 5.82 Å². The molecular formula is C19H17FN2O5S. The van der Waals surface area contributed by atoms with Gasteiger partial charge in [0.05, 0.1) is 16.5 Å². The molecule has 28 heavy (non-hydrogen) atoms. The number of hydrogen-bond acceptors (Lipinski definition) is 6. The lowest BCUT2D eigenvalue weighted by molar-refractivity contribution is 0.0318. The summed E-state index contributed by atoms with van der Waals surface area (Å²) in [5.74, 6) is -1.78. The number of nitrogens with zero attached hydrogens (tertiary/aromatic N) is 1. The Labute approximate surface area is 161 Å². The van der Waals surface area contributed by atoms with Crippen LogP contribution in [0.15, 0.2) is 53.4 Å². The largest absolute Gasteiger partial charge is 0.451 e. The molecule has 0 aliphatic carbocycles.